The van der Waals surface area contributed by atoms with E-state index in [1.165, 1.54) is 11.3 Å². The van der Waals surface area contributed by atoms with E-state index in [0.717, 1.165) is 22.4 Å². The van der Waals surface area contributed by atoms with E-state index < -0.39 is 0 Å². The molecule has 3 aromatic rings. The zero-order chi connectivity index (χ0) is 18.7. The van der Waals surface area contributed by atoms with Gasteiger partial charge < -0.3 is 10.1 Å². The van der Waals surface area contributed by atoms with E-state index in [1.807, 2.05) is 39.0 Å². The van der Waals surface area contributed by atoms with E-state index in [-0.39, 0.29) is 16.8 Å². The SMILES string of the molecule is CCCOc1ccc(C(=O)Nc2ccc3c(c2)sc(=O)n3C(C)C)cc1. The number of nitrogens with one attached hydrogen (secondary N) is 1. The Kier molecular flexibility index (Phi) is 5.42. The van der Waals surface area contributed by atoms with Gasteiger partial charge >= 0.3 is 4.87 Å². The summed E-state index contributed by atoms with van der Waals surface area (Å²) in [7, 11) is 0. The topological polar surface area (TPSA) is 60.3 Å². The number of amides is 1. The van der Waals surface area contributed by atoms with E-state index in [9.17, 15) is 9.59 Å². The summed E-state index contributed by atoms with van der Waals surface area (Å²) in [6.45, 7) is 6.67. The van der Waals surface area contributed by atoms with Gasteiger partial charge in [0.25, 0.3) is 5.91 Å². The molecular weight excluding hydrogens is 348 g/mol. The lowest BCUT2D eigenvalue weighted by molar-refractivity contribution is 0.102. The zero-order valence-corrected chi connectivity index (χ0v) is 15.9. The second-order valence-electron chi connectivity index (χ2n) is 6.34. The molecular formula is C20H22N2O3S. The van der Waals surface area contributed by atoms with Gasteiger partial charge in [-0.25, -0.2) is 0 Å². The Bertz CT molecular complexity index is 971. The van der Waals surface area contributed by atoms with Gasteiger partial charge in [0.2, 0.25) is 0 Å². The molecule has 0 aliphatic rings. The number of hydrogen-bond acceptors (Lipinski definition) is 4. The van der Waals surface area contributed by atoms with Crippen LogP contribution in [0.5, 0.6) is 5.75 Å². The van der Waals surface area contributed by atoms with Crippen LogP contribution in [0.3, 0.4) is 0 Å². The van der Waals surface area contributed by atoms with Crippen LogP contribution in [0.1, 0.15) is 43.6 Å². The van der Waals surface area contributed by atoms with Gasteiger partial charge in [0.15, 0.2) is 0 Å². The minimum absolute atomic E-state index is 0.0149. The lowest BCUT2D eigenvalue weighted by atomic mass is 10.2. The van der Waals surface area contributed by atoms with Crippen molar-refractivity contribution in [2.24, 2.45) is 0 Å². The predicted octanol–water partition coefficient (Wildman–Crippen LogP) is 4.69. The number of ether oxygens (including phenoxy) is 1. The lowest BCUT2D eigenvalue weighted by Gasteiger charge is -2.09. The van der Waals surface area contributed by atoms with Crippen LogP contribution in [-0.4, -0.2) is 17.1 Å². The summed E-state index contributed by atoms with van der Waals surface area (Å²) < 4.78 is 8.16. The highest BCUT2D eigenvalue weighted by molar-refractivity contribution is 7.16. The molecule has 0 aliphatic heterocycles. The number of anilines is 1. The lowest BCUT2D eigenvalue weighted by Crippen LogP contribution is -2.14. The van der Waals surface area contributed by atoms with E-state index >= 15 is 0 Å². The largest absolute Gasteiger partial charge is 0.494 e. The fourth-order valence-corrected chi connectivity index (χ4v) is 3.78. The summed E-state index contributed by atoms with van der Waals surface area (Å²) in [5.41, 5.74) is 2.12. The Morgan fingerprint density at radius 1 is 1.19 bits per heavy atom. The second kappa shape index (κ2) is 7.74. The minimum atomic E-state index is -0.193. The maximum atomic E-state index is 12.4. The molecule has 1 aromatic heterocycles. The van der Waals surface area contributed by atoms with Crippen molar-refractivity contribution >= 4 is 33.1 Å². The van der Waals surface area contributed by atoms with Crippen molar-refractivity contribution in [2.75, 3.05) is 11.9 Å². The van der Waals surface area contributed by atoms with Gasteiger partial charge in [-0.2, -0.15) is 0 Å². The second-order valence-corrected chi connectivity index (χ2v) is 7.33. The van der Waals surface area contributed by atoms with Crippen LogP contribution in [0.4, 0.5) is 5.69 Å². The van der Waals surface area contributed by atoms with Crippen molar-refractivity contribution in [3.8, 4) is 5.75 Å². The maximum Gasteiger partial charge on any atom is 0.308 e. The Labute approximate surface area is 156 Å². The molecule has 0 bridgehead atoms. The molecule has 0 aliphatic carbocycles. The molecule has 0 saturated carbocycles. The number of carbonyl (C=O) groups excluding carboxylic acids is 1. The fourth-order valence-electron chi connectivity index (χ4n) is 2.73. The van der Waals surface area contributed by atoms with Gasteiger partial charge in [-0.05, 0) is 62.7 Å². The molecule has 2 aromatic carbocycles. The molecule has 0 unspecified atom stereocenters. The molecule has 0 saturated heterocycles. The fraction of sp³-hybridized carbons (Fsp3) is 0.300. The van der Waals surface area contributed by atoms with Crippen LogP contribution < -0.4 is 14.9 Å². The van der Waals surface area contributed by atoms with E-state index in [1.54, 1.807) is 28.8 Å². The van der Waals surface area contributed by atoms with Crippen molar-refractivity contribution < 1.29 is 9.53 Å². The Morgan fingerprint density at radius 3 is 2.58 bits per heavy atom. The highest BCUT2D eigenvalue weighted by Gasteiger charge is 2.12. The van der Waals surface area contributed by atoms with Crippen LogP contribution in [0, 0.1) is 0 Å². The summed E-state index contributed by atoms with van der Waals surface area (Å²) in [6, 6.07) is 12.7. The van der Waals surface area contributed by atoms with Gasteiger partial charge in [0.05, 0.1) is 16.8 Å². The van der Waals surface area contributed by atoms with Crippen molar-refractivity contribution in [3.63, 3.8) is 0 Å². The average Bonchev–Trinajstić information content (AvgIpc) is 2.95. The van der Waals surface area contributed by atoms with Crippen LogP contribution in [-0.2, 0) is 0 Å². The molecule has 3 rings (SSSR count). The number of thiazole rings is 1. The maximum absolute atomic E-state index is 12.4. The Hall–Kier alpha value is -2.60. The van der Waals surface area contributed by atoms with Crippen molar-refractivity contribution in [1.29, 1.82) is 0 Å². The Balaban J connectivity index is 1.78. The highest BCUT2D eigenvalue weighted by atomic mass is 32.1. The van der Waals surface area contributed by atoms with Gasteiger partial charge in [-0.15, -0.1) is 0 Å². The normalized spacial score (nSPS) is 11.1. The summed E-state index contributed by atoms with van der Waals surface area (Å²) in [4.78, 5) is 24.6. The quantitative estimate of drug-likeness (QED) is 0.685. The molecule has 0 fully saturated rings. The first-order valence-corrected chi connectivity index (χ1v) is 9.50. The van der Waals surface area contributed by atoms with Crippen LogP contribution in [0.15, 0.2) is 47.3 Å². The van der Waals surface area contributed by atoms with E-state index in [0.29, 0.717) is 17.9 Å². The average molecular weight is 370 g/mol. The highest BCUT2D eigenvalue weighted by Crippen LogP contribution is 2.24. The third-order valence-corrected chi connectivity index (χ3v) is 4.90. The van der Waals surface area contributed by atoms with Crippen LogP contribution in [0.25, 0.3) is 10.2 Å². The summed E-state index contributed by atoms with van der Waals surface area (Å²) >= 11 is 1.19. The molecule has 0 spiro atoms. The molecule has 1 heterocycles. The number of benzene rings is 2. The van der Waals surface area contributed by atoms with Gasteiger partial charge in [0, 0.05) is 17.3 Å². The molecule has 1 amide bonds. The first-order valence-electron chi connectivity index (χ1n) is 8.69. The van der Waals surface area contributed by atoms with Gasteiger partial charge in [-0.3, -0.25) is 14.2 Å². The van der Waals surface area contributed by atoms with Gasteiger partial charge in [0.1, 0.15) is 5.75 Å². The summed E-state index contributed by atoms with van der Waals surface area (Å²) in [5.74, 6) is 0.562. The smallest absolute Gasteiger partial charge is 0.308 e. The number of aromatic nitrogens is 1. The Morgan fingerprint density at radius 2 is 1.92 bits per heavy atom. The third kappa shape index (κ3) is 3.80. The first-order chi connectivity index (χ1) is 12.5. The first kappa shape index (κ1) is 18.2. The summed E-state index contributed by atoms with van der Waals surface area (Å²) in [5, 5.41) is 2.89. The molecule has 0 atom stereocenters. The third-order valence-electron chi connectivity index (χ3n) is 3.98. The standard InChI is InChI=1S/C20H22N2O3S/c1-4-11-25-16-8-5-14(6-9-16)19(23)21-15-7-10-17-18(12-15)26-20(24)22(17)13(2)3/h5-10,12-13H,4,11H2,1-3H3,(H,21,23). The zero-order valence-electron chi connectivity index (χ0n) is 15.1. The molecule has 5 nitrogen and oxygen atoms in total. The molecule has 26 heavy (non-hydrogen) atoms. The van der Waals surface area contributed by atoms with Crippen LogP contribution in [0.2, 0.25) is 0 Å². The van der Waals surface area contributed by atoms with E-state index in [4.69, 9.17) is 4.74 Å². The van der Waals surface area contributed by atoms with Gasteiger partial charge in [-0.1, -0.05) is 18.3 Å². The molecule has 0 radical (unpaired) electrons. The monoisotopic (exact) mass is 370 g/mol. The van der Waals surface area contributed by atoms with Crippen molar-refractivity contribution in [3.05, 3.63) is 57.7 Å². The molecule has 136 valence electrons. The minimum Gasteiger partial charge on any atom is -0.494 e. The van der Waals surface area contributed by atoms with Crippen LogP contribution >= 0.6 is 11.3 Å². The molecule has 1 N–H and O–H groups in total. The van der Waals surface area contributed by atoms with Crippen molar-refractivity contribution in [2.45, 2.75) is 33.2 Å². The molecule has 6 heteroatoms. The predicted molar refractivity (Wildman–Crippen MR) is 107 cm³/mol. The number of hydrogen-bond donors (Lipinski definition) is 1. The van der Waals surface area contributed by atoms with E-state index in [2.05, 4.69) is 5.32 Å². The number of rotatable bonds is 6. The summed E-state index contributed by atoms with van der Waals surface area (Å²) in [6.07, 6.45) is 0.940. The van der Waals surface area contributed by atoms with Crippen molar-refractivity contribution in [1.82, 2.24) is 4.57 Å². The number of fused-ring (bicyclic) bond motifs is 1. The number of nitrogens with zero attached hydrogens (tertiary/aromatic N) is 1. The number of carbonyl (C=O) groups is 1.